The molecule has 0 aromatic heterocycles. The van der Waals surface area contributed by atoms with Gasteiger partial charge < -0.3 is 10.5 Å². The summed E-state index contributed by atoms with van der Waals surface area (Å²) in [7, 11) is 3.32. The first kappa shape index (κ1) is 16.3. The highest BCUT2D eigenvalue weighted by Gasteiger charge is 2.20. The molecule has 1 aromatic carbocycles. The molecule has 3 N–H and O–H groups in total. The van der Waals surface area contributed by atoms with Gasteiger partial charge in [0, 0.05) is 17.1 Å². The molecule has 0 bridgehead atoms. The van der Waals surface area contributed by atoms with Crippen molar-refractivity contribution in [2.45, 2.75) is 19.5 Å². The second-order valence-corrected chi connectivity index (χ2v) is 4.84. The lowest BCUT2D eigenvalue weighted by Crippen LogP contribution is -2.46. The molecule has 0 spiro atoms. The molecule has 0 unspecified atom stereocenters. The molecule has 0 fully saturated rings. The SMILES string of the molecule is COc1ccc(Cl)cc1CN(C)[C@H](C)C(=O)NC(N)=O. The van der Waals surface area contributed by atoms with Crippen LogP contribution in [0.4, 0.5) is 4.79 Å². The Morgan fingerprint density at radius 2 is 2.15 bits per heavy atom. The van der Waals surface area contributed by atoms with E-state index in [2.05, 4.69) is 5.32 Å². The fourth-order valence-electron chi connectivity index (χ4n) is 1.70. The highest BCUT2D eigenvalue weighted by Crippen LogP contribution is 2.24. The van der Waals surface area contributed by atoms with Crippen LogP contribution >= 0.6 is 11.6 Å². The second kappa shape index (κ2) is 7.12. The Labute approximate surface area is 122 Å². The van der Waals surface area contributed by atoms with Crippen molar-refractivity contribution in [2.75, 3.05) is 14.2 Å². The molecule has 6 nitrogen and oxygen atoms in total. The molecule has 3 amide bonds. The number of urea groups is 1. The number of nitrogens with zero attached hydrogens (tertiary/aromatic N) is 1. The van der Waals surface area contributed by atoms with Crippen molar-refractivity contribution in [3.8, 4) is 5.75 Å². The number of amides is 3. The van der Waals surface area contributed by atoms with E-state index in [-0.39, 0.29) is 0 Å². The number of rotatable bonds is 5. The number of hydrogen-bond donors (Lipinski definition) is 2. The molecule has 0 aliphatic heterocycles. The van der Waals surface area contributed by atoms with Crippen molar-refractivity contribution in [3.63, 3.8) is 0 Å². The molecule has 1 aromatic rings. The Morgan fingerprint density at radius 1 is 1.50 bits per heavy atom. The summed E-state index contributed by atoms with van der Waals surface area (Å²) in [5.74, 6) is 0.227. The van der Waals surface area contributed by atoms with Crippen LogP contribution < -0.4 is 15.8 Å². The van der Waals surface area contributed by atoms with E-state index in [1.54, 1.807) is 44.2 Å². The minimum atomic E-state index is -0.865. The Bertz CT molecular complexity index is 508. The molecular formula is C13H18ClN3O3. The monoisotopic (exact) mass is 299 g/mol. The zero-order valence-corrected chi connectivity index (χ0v) is 12.4. The highest BCUT2D eigenvalue weighted by atomic mass is 35.5. The molecule has 0 saturated heterocycles. The quantitative estimate of drug-likeness (QED) is 0.860. The normalized spacial score (nSPS) is 12.1. The fraction of sp³-hybridized carbons (Fsp3) is 0.385. The number of hydrogen-bond acceptors (Lipinski definition) is 4. The van der Waals surface area contributed by atoms with Crippen LogP contribution in [0.15, 0.2) is 18.2 Å². The Morgan fingerprint density at radius 3 is 2.70 bits per heavy atom. The number of likely N-dealkylation sites (N-methyl/N-ethyl adjacent to an activating group) is 1. The van der Waals surface area contributed by atoms with Crippen LogP contribution in [-0.4, -0.2) is 37.0 Å². The van der Waals surface area contributed by atoms with Gasteiger partial charge in [-0.25, -0.2) is 4.79 Å². The third-order valence-corrected chi connectivity index (χ3v) is 3.18. The lowest BCUT2D eigenvalue weighted by Gasteiger charge is -2.24. The number of benzene rings is 1. The Balaban J connectivity index is 2.79. The first-order valence-corrected chi connectivity index (χ1v) is 6.36. The maximum Gasteiger partial charge on any atom is 0.318 e. The van der Waals surface area contributed by atoms with Gasteiger partial charge >= 0.3 is 6.03 Å². The number of halogens is 1. The number of primary amides is 1. The zero-order chi connectivity index (χ0) is 15.3. The molecule has 0 saturated carbocycles. The van der Waals surface area contributed by atoms with E-state index >= 15 is 0 Å². The summed E-state index contributed by atoms with van der Waals surface area (Å²) in [6.45, 7) is 2.12. The summed E-state index contributed by atoms with van der Waals surface area (Å²) in [4.78, 5) is 24.1. The van der Waals surface area contributed by atoms with Gasteiger partial charge in [0.15, 0.2) is 0 Å². The van der Waals surface area contributed by atoms with Gasteiger partial charge in [0.25, 0.3) is 0 Å². The first-order chi connectivity index (χ1) is 9.35. The molecule has 1 rings (SSSR count). The van der Waals surface area contributed by atoms with Crippen LogP contribution in [0, 0.1) is 0 Å². The van der Waals surface area contributed by atoms with Gasteiger partial charge in [0.2, 0.25) is 5.91 Å². The molecule has 0 radical (unpaired) electrons. The number of imide groups is 1. The predicted octanol–water partition coefficient (Wildman–Crippen LogP) is 1.36. The smallest absolute Gasteiger partial charge is 0.318 e. The average Bonchev–Trinajstić information content (AvgIpc) is 2.37. The minimum Gasteiger partial charge on any atom is -0.496 e. The van der Waals surface area contributed by atoms with Crippen molar-refractivity contribution >= 4 is 23.5 Å². The Hall–Kier alpha value is -1.79. The second-order valence-electron chi connectivity index (χ2n) is 4.40. The van der Waals surface area contributed by atoms with Crippen LogP contribution in [-0.2, 0) is 11.3 Å². The van der Waals surface area contributed by atoms with Gasteiger partial charge in [-0.15, -0.1) is 0 Å². The lowest BCUT2D eigenvalue weighted by atomic mass is 10.1. The fourth-order valence-corrected chi connectivity index (χ4v) is 1.90. The van der Waals surface area contributed by atoms with Crippen LogP contribution in [0.5, 0.6) is 5.75 Å². The standard InChI is InChI=1S/C13H18ClN3O3/c1-8(12(18)16-13(15)19)17(2)7-9-6-10(14)4-5-11(9)20-3/h4-6,8H,7H2,1-3H3,(H3,15,16,18,19)/t8-/m1/s1. The minimum absolute atomic E-state index is 0.442. The van der Waals surface area contributed by atoms with Gasteiger partial charge in [-0.1, -0.05) is 11.6 Å². The third kappa shape index (κ3) is 4.40. The maximum atomic E-state index is 11.7. The molecule has 20 heavy (non-hydrogen) atoms. The molecule has 0 aliphatic carbocycles. The van der Waals surface area contributed by atoms with Gasteiger partial charge in [-0.3, -0.25) is 15.0 Å². The number of methoxy groups -OCH3 is 1. The topological polar surface area (TPSA) is 84.7 Å². The summed E-state index contributed by atoms with van der Waals surface area (Å²) in [5.41, 5.74) is 5.77. The molecule has 0 aliphatic rings. The number of nitrogens with one attached hydrogen (secondary N) is 1. The van der Waals surface area contributed by atoms with Crippen molar-refractivity contribution < 1.29 is 14.3 Å². The van der Waals surface area contributed by atoms with E-state index in [4.69, 9.17) is 22.1 Å². The predicted molar refractivity (Wildman–Crippen MR) is 76.7 cm³/mol. The summed E-state index contributed by atoms with van der Waals surface area (Å²) >= 11 is 5.95. The van der Waals surface area contributed by atoms with Gasteiger partial charge in [0.1, 0.15) is 5.75 Å². The molecule has 0 heterocycles. The summed E-state index contributed by atoms with van der Waals surface area (Å²) < 4.78 is 5.25. The first-order valence-electron chi connectivity index (χ1n) is 5.98. The summed E-state index contributed by atoms with van der Waals surface area (Å²) in [6, 6.07) is 3.88. The highest BCUT2D eigenvalue weighted by molar-refractivity contribution is 6.30. The van der Waals surface area contributed by atoms with Crippen molar-refractivity contribution in [3.05, 3.63) is 28.8 Å². The van der Waals surface area contributed by atoms with Crippen LogP contribution in [0.3, 0.4) is 0 Å². The van der Waals surface area contributed by atoms with Crippen LogP contribution in [0.2, 0.25) is 5.02 Å². The van der Waals surface area contributed by atoms with Gasteiger partial charge in [0.05, 0.1) is 13.2 Å². The Kier molecular flexibility index (Phi) is 5.79. The number of nitrogens with two attached hydrogens (primary N) is 1. The molecular weight excluding hydrogens is 282 g/mol. The molecule has 110 valence electrons. The van der Waals surface area contributed by atoms with E-state index in [0.29, 0.717) is 17.3 Å². The van der Waals surface area contributed by atoms with Crippen molar-refractivity contribution in [1.29, 1.82) is 0 Å². The number of carbonyl (C=O) groups is 2. The van der Waals surface area contributed by atoms with E-state index in [9.17, 15) is 9.59 Å². The van der Waals surface area contributed by atoms with E-state index < -0.39 is 18.0 Å². The largest absolute Gasteiger partial charge is 0.496 e. The zero-order valence-electron chi connectivity index (χ0n) is 11.6. The number of carbonyl (C=O) groups excluding carboxylic acids is 2. The lowest BCUT2D eigenvalue weighted by molar-refractivity contribution is -0.124. The molecule has 7 heteroatoms. The van der Waals surface area contributed by atoms with Gasteiger partial charge in [-0.2, -0.15) is 0 Å². The summed E-state index contributed by atoms with van der Waals surface area (Å²) in [5, 5.41) is 2.64. The van der Waals surface area contributed by atoms with E-state index in [1.807, 2.05) is 0 Å². The number of ether oxygens (including phenoxy) is 1. The summed E-state index contributed by atoms with van der Waals surface area (Å²) in [6.07, 6.45) is 0. The van der Waals surface area contributed by atoms with Crippen molar-refractivity contribution in [1.82, 2.24) is 10.2 Å². The van der Waals surface area contributed by atoms with Gasteiger partial charge in [-0.05, 0) is 32.2 Å². The van der Waals surface area contributed by atoms with E-state index in [0.717, 1.165) is 5.56 Å². The van der Waals surface area contributed by atoms with E-state index in [1.165, 1.54) is 0 Å². The third-order valence-electron chi connectivity index (χ3n) is 2.95. The maximum absolute atomic E-state index is 11.7. The van der Waals surface area contributed by atoms with Crippen LogP contribution in [0.25, 0.3) is 0 Å². The average molecular weight is 300 g/mol. The van der Waals surface area contributed by atoms with Crippen LogP contribution in [0.1, 0.15) is 12.5 Å². The van der Waals surface area contributed by atoms with Crippen molar-refractivity contribution in [2.24, 2.45) is 5.73 Å². The molecule has 1 atom stereocenters.